The summed E-state index contributed by atoms with van der Waals surface area (Å²) < 4.78 is 2.12. The Hall–Kier alpha value is -1.38. The van der Waals surface area contributed by atoms with E-state index >= 15 is 0 Å². The van der Waals surface area contributed by atoms with Crippen molar-refractivity contribution in [1.29, 1.82) is 0 Å². The lowest BCUT2D eigenvalue weighted by atomic mass is 10.4. The van der Waals surface area contributed by atoms with Gasteiger partial charge in [-0.25, -0.2) is 14.5 Å². The summed E-state index contributed by atoms with van der Waals surface area (Å²) in [4.78, 5) is 6.32. The van der Waals surface area contributed by atoms with Crippen molar-refractivity contribution in [3.8, 4) is 0 Å². The van der Waals surface area contributed by atoms with E-state index in [4.69, 9.17) is 0 Å². The molecule has 0 aliphatic rings. The Morgan fingerprint density at radius 3 is 3.09 bits per heavy atom. The summed E-state index contributed by atoms with van der Waals surface area (Å²) in [6.45, 7) is 2.06. The summed E-state index contributed by atoms with van der Waals surface area (Å²) in [7, 11) is 2.04. The van der Waals surface area contributed by atoms with Crippen molar-refractivity contribution in [3.63, 3.8) is 0 Å². The molecule has 2 aromatic heterocycles. The Balaban J connectivity index is 2.92. The molecule has 0 atom stereocenters. The van der Waals surface area contributed by atoms with Crippen LogP contribution in [0, 0.1) is 6.92 Å². The Morgan fingerprint density at radius 2 is 2.36 bits per heavy atom. The van der Waals surface area contributed by atoms with Gasteiger partial charge in [-0.05, 0) is 0 Å². The average molecular weight is 149 g/mol. The van der Waals surface area contributed by atoms with Crippen LogP contribution in [0.25, 0.3) is 11.0 Å². The van der Waals surface area contributed by atoms with Crippen LogP contribution in [0.3, 0.4) is 0 Å². The van der Waals surface area contributed by atoms with Crippen LogP contribution in [0.2, 0.25) is 0 Å². The Bertz CT molecular complexity index is 389. The summed E-state index contributed by atoms with van der Waals surface area (Å²) in [6.07, 6.45) is 3.90. The smallest absolute Gasteiger partial charge is 0.241 e. The molecular weight excluding hydrogens is 138 g/mol. The number of imidazole rings is 1. The van der Waals surface area contributed by atoms with Crippen molar-refractivity contribution in [2.75, 3.05) is 0 Å². The number of hydrogen-bond acceptors (Lipinski definition) is 0. The SMILES string of the molecule is Cc1[nH]c2cc[nH+]cc2[n+]1C. The molecule has 2 aromatic rings. The molecule has 0 amide bonds. The van der Waals surface area contributed by atoms with Crippen molar-refractivity contribution in [1.82, 2.24) is 4.98 Å². The molecule has 0 aliphatic carbocycles. The molecule has 2 rings (SSSR count). The summed E-state index contributed by atoms with van der Waals surface area (Å²) in [5, 5.41) is 0. The van der Waals surface area contributed by atoms with E-state index < -0.39 is 0 Å². The standard InChI is InChI=1S/C8H9N3/c1-6-10-7-3-4-9-5-8(7)11(6)2/h3-5H,1-2H3/p+2. The third-order valence-corrected chi connectivity index (χ3v) is 2.02. The Labute approximate surface area is 64.7 Å². The van der Waals surface area contributed by atoms with Gasteiger partial charge in [0.1, 0.15) is 0 Å². The van der Waals surface area contributed by atoms with Crippen LogP contribution in [0.1, 0.15) is 5.82 Å². The summed E-state index contributed by atoms with van der Waals surface area (Å²) >= 11 is 0. The molecule has 3 heteroatoms. The van der Waals surface area contributed by atoms with Crippen LogP contribution in [0.4, 0.5) is 0 Å². The molecule has 0 fully saturated rings. The number of aryl methyl sites for hydroxylation is 2. The maximum absolute atomic E-state index is 3.27. The van der Waals surface area contributed by atoms with Gasteiger partial charge >= 0.3 is 0 Å². The minimum Gasteiger partial charge on any atom is -0.241 e. The van der Waals surface area contributed by atoms with E-state index in [2.05, 4.69) is 21.5 Å². The van der Waals surface area contributed by atoms with Gasteiger partial charge in [0.25, 0.3) is 5.82 Å². The number of fused-ring (bicyclic) bond motifs is 1. The molecule has 3 nitrogen and oxygen atoms in total. The van der Waals surface area contributed by atoms with Gasteiger partial charge in [0.2, 0.25) is 11.7 Å². The molecule has 0 radical (unpaired) electrons. The van der Waals surface area contributed by atoms with Crippen molar-refractivity contribution in [3.05, 3.63) is 24.3 Å². The quantitative estimate of drug-likeness (QED) is 0.516. The van der Waals surface area contributed by atoms with E-state index in [-0.39, 0.29) is 0 Å². The number of H-pyrrole nitrogens is 2. The predicted octanol–water partition coefficient (Wildman–Crippen LogP) is 0.115. The lowest BCUT2D eigenvalue weighted by Gasteiger charge is -1.81. The molecule has 2 N–H and O–H groups in total. The molecule has 11 heavy (non-hydrogen) atoms. The van der Waals surface area contributed by atoms with E-state index in [1.165, 1.54) is 16.9 Å². The van der Waals surface area contributed by atoms with Gasteiger partial charge in [0, 0.05) is 6.92 Å². The summed E-state index contributed by atoms with van der Waals surface area (Å²) in [6, 6.07) is 2.03. The van der Waals surface area contributed by atoms with Crippen LogP contribution in [0.15, 0.2) is 18.5 Å². The second-order valence-electron chi connectivity index (χ2n) is 2.71. The van der Waals surface area contributed by atoms with Gasteiger partial charge < -0.3 is 0 Å². The van der Waals surface area contributed by atoms with Crippen molar-refractivity contribution >= 4 is 11.0 Å². The van der Waals surface area contributed by atoms with Crippen LogP contribution in [0.5, 0.6) is 0 Å². The Kier molecular flexibility index (Phi) is 1.18. The van der Waals surface area contributed by atoms with Gasteiger partial charge in [-0.1, -0.05) is 0 Å². The first-order valence-electron chi connectivity index (χ1n) is 3.63. The molecule has 0 spiro atoms. The molecule has 0 unspecified atom stereocenters. The van der Waals surface area contributed by atoms with Gasteiger partial charge in [-0.3, -0.25) is 0 Å². The molecular formula is C8H11N3+2. The highest BCUT2D eigenvalue weighted by atomic mass is 15.1. The van der Waals surface area contributed by atoms with Gasteiger partial charge in [0.05, 0.1) is 13.1 Å². The molecule has 0 bridgehead atoms. The first kappa shape index (κ1) is 6.34. The van der Waals surface area contributed by atoms with E-state index in [1.54, 1.807) is 0 Å². The third-order valence-electron chi connectivity index (χ3n) is 2.02. The zero-order chi connectivity index (χ0) is 7.84. The fourth-order valence-electron chi connectivity index (χ4n) is 1.26. The molecule has 0 saturated carbocycles. The number of nitrogens with zero attached hydrogens (tertiary/aromatic N) is 1. The first-order valence-corrected chi connectivity index (χ1v) is 3.63. The number of aromatic nitrogens is 3. The second-order valence-corrected chi connectivity index (χ2v) is 2.71. The number of rotatable bonds is 0. The maximum atomic E-state index is 3.27. The number of pyridine rings is 1. The third kappa shape index (κ3) is 0.808. The van der Waals surface area contributed by atoms with E-state index in [1.807, 2.05) is 25.5 Å². The van der Waals surface area contributed by atoms with Crippen LogP contribution < -0.4 is 9.55 Å². The second kappa shape index (κ2) is 2.05. The van der Waals surface area contributed by atoms with Crippen molar-refractivity contribution in [2.24, 2.45) is 7.05 Å². The average Bonchev–Trinajstić information content (AvgIpc) is 2.30. The molecule has 56 valence electrons. The number of nitrogens with one attached hydrogen (secondary N) is 2. The Morgan fingerprint density at radius 1 is 1.55 bits per heavy atom. The molecule has 2 heterocycles. The van der Waals surface area contributed by atoms with E-state index in [0.29, 0.717) is 0 Å². The highest BCUT2D eigenvalue weighted by molar-refractivity contribution is 5.68. The zero-order valence-electron chi connectivity index (χ0n) is 6.68. The monoisotopic (exact) mass is 149 g/mol. The van der Waals surface area contributed by atoms with Gasteiger partial charge in [-0.2, -0.15) is 0 Å². The normalized spacial score (nSPS) is 10.7. The predicted molar refractivity (Wildman–Crippen MR) is 40.8 cm³/mol. The first-order chi connectivity index (χ1) is 5.29. The van der Waals surface area contributed by atoms with Crippen molar-refractivity contribution in [2.45, 2.75) is 6.92 Å². The largest absolute Gasteiger partial charge is 0.251 e. The highest BCUT2D eigenvalue weighted by Gasteiger charge is 2.11. The van der Waals surface area contributed by atoms with Gasteiger partial charge in [0.15, 0.2) is 11.7 Å². The molecule has 0 aliphatic heterocycles. The van der Waals surface area contributed by atoms with Crippen molar-refractivity contribution < 1.29 is 9.55 Å². The zero-order valence-corrected chi connectivity index (χ0v) is 6.68. The lowest BCUT2D eigenvalue weighted by Crippen LogP contribution is -2.30. The van der Waals surface area contributed by atoms with E-state index in [0.717, 1.165) is 0 Å². The highest BCUT2D eigenvalue weighted by Crippen LogP contribution is 2.02. The minimum absolute atomic E-state index is 1.17. The van der Waals surface area contributed by atoms with Gasteiger partial charge in [-0.15, -0.1) is 0 Å². The maximum Gasteiger partial charge on any atom is 0.251 e. The number of hydrogen-bond donors (Lipinski definition) is 1. The molecule has 0 saturated heterocycles. The fraction of sp³-hybridized carbons (Fsp3) is 0.250. The minimum atomic E-state index is 1.17. The fourth-order valence-corrected chi connectivity index (χ4v) is 1.26. The van der Waals surface area contributed by atoms with E-state index in [9.17, 15) is 0 Å². The van der Waals surface area contributed by atoms with Crippen LogP contribution in [-0.4, -0.2) is 4.98 Å². The summed E-state index contributed by atoms with van der Waals surface area (Å²) in [5.41, 5.74) is 2.37. The van der Waals surface area contributed by atoms with Crippen LogP contribution in [-0.2, 0) is 7.05 Å². The molecule has 0 aromatic carbocycles. The summed E-state index contributed by atoms with van der Waals surface area (Å²) in [5.74, 6) is 1.17. The number of aromatic amines is 2. The lowest BCUT2D eigenvalue weighted by molar-refractivity contribution is -0.653. The van der Waals surface area contributed by atoms with Crippen LogP contribution >= 0.6 is 0 Å². The topological polar surface area (TPSA) is 33.8 Å².